The van der Waals surface area contributed by atoms with E-state index in [1.807, 2.05) is 24.3 Å². The van der Waals surface area contributed by atoms with Gasteiger partial charge in [-0.25, -0.2) is 4.39 Å². The van der Waals surface area contributed by atoms with E-state index >= 15 is 0 Å². The molecule has 4 nitrogen and oxygen atoms in total. The van der Waals surface area contributed by atoms with Gasteiger partial charge in [-0.3, -0.25) is 4.99 Å². The lowest BCUT2D eigenvalue weighted by molar-refractivity contribution is 0.415. The van der Waals surface area contributed by atoms with Crippen molar-refractivity contribution in [3.05, 3.63) is 77.6 Å². The zero-order valence-corrected chi connectivity index (χ0v) is 14.9. The normalized spacial score (nSPS) is 11.4. The summed E-state index contributed by atoms with van der Waals surface area (Å²) in [6.07, 6.45) is 0. The van der Waals surface area contributed by atoms with Gasteiger partial charge in [-0.05, 0) is 40.6 Å². The van der Waals surface area contributed by atoms with Crippen molar-refractivity contribution in [2.45, 2.75) is 13.1 Å². The van der Waals surface area contributed by atoms with Crippen molar-refractivity contribution in [1.82, 2.24) is 10.6 Å². The van der Waals surface area contributed by atoms with Gasteiger partial charge in [0.15, 0.2) is 5.96 Å². The molecule has 0 aliphatic heterocycles. The van der Waals surface area contributed by atoms with Crippen molar-refractivity contribution in [2.75, 3.05) is 14.2 Å². The first kappa shape index (κ1) is 17.7. The van der Waals surface area contributed by atoms with Gasteiger partial charge in [0.2, 0.25) is 0 Å². The summed E-state index contributed by atoms with van der Waals surface area (Å²) in [7, 11) is 3.36. The lowest BCUT2D eigenvalue weighted by Crippen LogP contribution is -2.36. The first-order chi connectivity index (χ1) is 12.7. The molecule has 3 aromatic rings. The SMILES string of the molecule is CN=C(NCc1ccc2cc(OC)ccc2c1)NCc1ccccc1F. The predicted octanol–water partition coefficient (Wildman–Crippen LogP) is 3.85. The van der Waals surface area contributed by atoms with Crippen molar-refractivity contribution >= 4 is 16.7 Å². The van der Waals surface area contributed by atoms with Crippen LogP contribution in [-0.2, 0) is 13.1 Å². The van der Waals surface area contributed by atoms with Crippen LogP contribution in [0, 0.1) is 5.82 Å². The molecule has 3 rings (SSSR count). The largest absolute Gasteiger partial charge is 0.497 e. The maximum Gasteiger partial charge on any atom is 0.191 e. The van der Waals surface area contributed by atoms with E-state index in [0.29, 0.717) is 24.6 Å². The van der Waals surface area contributed by atoms with Gasteiger partial charge in [-0.1, -0.05) is 36.4 Å². The number of guanidine groups is 1. The van der Waals surface area contributed by atoms with Gasteiger partial charge in [-0.15, -0.1) is 0 Å². The molecule has 5 heteroatoms. The molecule has 0 radical (unpaired) electrons. The Hall–Kier alpha value is -3.08. The second-order valence-corrected chi connectivity index (χ2v) is 5.92. The number of halogens is 1. The van der Waals surface area contributed by atoms with Crippen LogP contribution in [0.1, 0.15) is 11.1 Å². The first-order valence-electron chi connectivity index (χ1n) is 8.44. The summed E-state index contributed by atoms with van der Waals surface area (Å²) in [4.78, 5) is 4.19. The molecule has 134 valence electrons. The Morgan fingerprint density at radius 2 is 1.69 bits per heavy atom. The minimum atomic E-state index is -0.222. The van der Waals surface area contributed by atoms with Crippen LogP contribution in [0.15, 0.2) is 65.7 Å². The molecule has 0 spiro atoms. The van der Waals surface area contributed by atoms with Gasteiger partial charge < -0.3 is 15.4 Å². The lowest BCUT2D eigenvalue weighted by Gasteiger charge is -2.13. The van der Waals surface area contributed by atoms with Gasteiger partial charge in [0.1, 0.15) is 11.6 Å². The Balaban J connectivity index is 1.61. The maximum absolute atomic E-state index is 13.7. The highest BCUT2D eigenvalue weighted by Gasteiger charge is 2.04. The smallest absolute Gasteiger partial charge is 0.191 e. The number of fused-ring (bicyclic) bond motifs is 1. The summed E-state index contributed by atoms with van der Waals surface area (Å²) in [6.45, 7) is 1.00. The molecule has 0 saturated heterocycles. The van der Waals surface area contributed by atoms with Crippen molar-refractivity contribution in [3.63, 3.8) is 0 Å². The molecule has 0 aliphatic rings. The molecule has 0 fully saturated rings. The van der Waals surface area contributed by atoms with Crippen molar-refractivity contribution in [2.24, 2.45) is 4.99 Å². The summed E-state index contributed by atoms with van der Waals surface area (Å²) in [5.74, 6) is 1.25. The average molecular weight is 351 g/mol. The van der Waals surface area contributed by atoms with E-state index in [0.717, 1.165) is 22.1 Å². The van der Waals surface area contributed by atoms with Crippen LogP contribution < -0.4 is 15.4 Å². The summed E-state index contributed by atoms with van der Waals surface area (Å²) < 4.78 is 18.9. The van der Waals surface area contributed by atoms with E-state index in [-0.39, 0.29) is 5.82 Å². The highest BCUT2D eigenvalue weighted by atomic mass is 19.1. The summed E-state index contributed by atoms with van der Waals surface area (Å²) in [5, 5.41) is 8.67. The van der Waals surface area contributed by atoms with Gasteiger partial charge in [0.05, 0.1) is 7.11 Å². The highest BCUT2D eigenvalue weighted by Crippen LogP contribution is 2.21. The third kappa shape index (κ3) is 4.30. The van der Waals surface area contributed by atoms with Crippen LogP contribution in [0.5, 0.6) is 5.75 Å². The monoisotopic (exact) mass is 351 g/mol. The second-order valence-electron chi connectivity index (χ2n) is 5.92. The fourth-order valence-corrected chi connectivity index (χ4v) is 2.74. The predicted molar refractivity (Wildman–Crippen MR) is 104 cm³/mol. The van der Waals surface area contributed by atoms with E-state index in [2.05, 4.69) is 33.8 Å². The summed E-state index contributed by atoms with van der Waals surface area (Å²) in [5.41, 5.74) is 1.74. The fraction of sp³-hybridized carbons (Fsp3) is 0.190. The Labute approximate surface area is 152 Å². The van der Waals surface area contributed by atoms with Crippen LogP contribution in [0.4, 0.5) is 4.39 Å². The molecule has 0 aromatic heterocycles. The molecule has 0 heterocycles. The van der Waals surface area contributed by atoms with Crippen LogP contribution in [0.3, 0.4) is 0 Å². The third-order valence-corrected chi connectivity index (χ3v) is 4.20. The van der Waals surface area contributed by atoms with Crippen molar-refractivity contribution < 1.29 is 9.13 Å². The molecule has 0 amide bonds. The van der Waals surface area contributed by atoms with Crippen LogP contribution in [0.25, 0.3) is 10.8 Å². The van der Waals surface area contributed by atoms with Crippen molar-refractivity contribution in [1.29, 1.82) is 0 Å². The third-order valence-electron chi connectivity index (χ3n) is 4.20. The minimum Gasteiger partial charge on any atom is -0.497 e. The Morgan fingerprint density at radius 1 is 0.962 bits per heavy atom. The second kappa shape index (κ2) is 8.34. The van der Waals surface area contributed by atoms with Gasteiger partial charge in [-0.2, -0.15) is 0 Å². The number of hydrogen-bond donors (Lipinski definition) is 2. The molecular formula is C21H22FN3O. The number of rotatable bonds is 5. The lowest BCUT2D eigenvalue weighted by atomic mass is 10.1. The average Bonchev–Trinajstić information content (AvgIpc) is 2.68. The van der Waals surface area contributed by atoms with Gasteiger partial charge >= 0.3 is 0 Å². The molecule has 26 heavy (non-hydrogen) atoms. The molecule has 0 saturated carbocycles. The van der Waals surface area contributed by atoms with E-state index in [1.54, 1.807) is 26.3 Å². The number of ether oxygens (including phenoxy) is 1. The van der Waals surface area contributed by atoms with Gasteiger partial charge in [0.25, 0.3) is 0 Å². The molecular weight excluding hydrogens is 329 g/mol. The molecule has 0 bridgehead atoms. The van der Waals surface area contributed by atoms with Crippen LogP contribution >= 0.6 is 0 Å². The number of methoxy groups -OCH3 is 1. The van der Waals surface area contributed by atoms with E-state index < -0.39 is 0 Å². The molecule has 2 N–H and O–H groups in total. The van der Waals surface area contributed by atoms with Crippen LogP contribution in [-0.4, -0.2) is 20.1 Å². The molecule has 0 aliphatic carbocycles. The Morgan fingerprint density at radius 3 is 2.46 bits per heavy atom. The zero-order valence-electron chi connectivity index (χ0n) is 14.9. The Bertz CT molecular complexity index is 924. The summed E-state index contributed by atoms with van der Waals surface area (Å²) in [6, 6.07) is 19.0. The number of nitrogens with zero attached hydrogens (tertiary/aromatic N) is 1. The van der Waals surface area contributed by atoms with Crippen molar-refractivity contribution in [3.8, 4) is 5.75 Å². The number of aliphatic imine (C=N–C) groups is 1. The number of nitrogens with one attached hydrogen (secondary N) is 2. The van der Waals surface area contributed by atoms with E-state index in [4.69, 9.17) is 4.74 Å². The fourth-order valence-electron chi connectivity index (χ4n) is 2.74. The number of benzene rings is 3. The van der Waals surface area contributed by atoms with E-state index in [9.17, 15) is 4.39 Å². The maximum atomic E-state index is 13.7. The Kier molecular flexibility index (Phi) is 5.69. The van der Waals surface area contributed by atoms with Crippen LogP contribution in [0.2, 0.25) is 0 Å². The summed E-state index contributed by atoms with van der Waals surface area (Å²) >= 11 is 0. The number of hydrogen-bond acceptors (Lipinski definition) is 2. The molecule has 0 atom stereocenters. The topological polar surface area (TPSA) is 45.7 Å². The van der Waals surface area contributed by atoms with Gasteiger partial charge in [0, 0.05) is 25.7 Å². The van der Waals surface area contributed by atoms with E-state index in [1.165, 1.54) is 6.07 Å². The first-order valence-corrected chi connectivity index (χ1v) is 8.44. The molecule has 3 aromatic carbocycles. The highest BCUT2D eigenvalue weighted by molar-refractivity contribution is 5.85. The minimum absolute atomic E-state index is 0.222. The molecule has 0 unspecified atom stereocenters. The quantitative estimate of drug-likeness (QED) is 0.542. The standard InChI is InChI=1S/C21H22FN3O/c1-23-21(25-14-18-5-3-4-6-20(18)22)24-13-15-7-8-17-12-19(26-2)10-9-16(17)11-15/h3-12H,13-14H2,1-2H3,(H2,23,24,25). The zero-order chi connectivity index (χ0) is 18.4.